The third kappa shape index (κ3) is 3.11. The molecule has 26 heavy (non-hydrogen) atoms. The smallest absolute Gasteiger partial charge is 0.243 e. The molecule has 0 spiro atoms. The summed E-state index contributed by atoms with van der Waals surface area (Å²) in [6.45, 7) is 4.65. The van der Waals surface area contributed by atoms with E-state index in [0.717, 1.165) is 40.4 Å². The SMILES string of the molecule is Cc1ccc2c(c1)SCC(=O)N2CC(=O)N1CCC[C@H]1c1cc(C)no1. The second-order valence-corrected chi connectivity index (χ2v) is 7.87. The first-order valence-electron chi connectivity index (χ1n) is 8.79. The van der Waals surface area contributed by atoms with E-state index in [2.05, 4.69) is 11.2 Å². The zero-order chi connectivity index (χ0) is 18.3. The van der Waals surface area contributed by atoms with Gasteiger partial charge < -0.3 is 14.3 Å². The van der Waals surface area contributed by atoms with Gasteiger partial charge in [0.05, 0.1) is 23.2 Å². The summed E-state index contributed by atoms with van der Waals surface area (Å²) in [5.41, 5.74) is 2.79. The molecule has 0 saturated carbocycles. The van der Waals surface area contributed by atoms with Gasteiger partial charge >= 0.3 is 0 Å². The van der Waals surface area contributed by atoms with Crippen LogP contribution in [0.4, 0.5) is 5.69 Å². The molecule has 1 aromatic heterocycles. The maximum atomic E-state index is 13.0. The van der Waals surface area contributed by atoms with Gasteiger partial charge in [-0.2, -0.15) is 0 Å². The molecule has 1 fully saturated rings. The summed E-state index contributed by atoms with van der Waals surface area (Å²) < 4.78 is 5.38. The number of aryl methyl sites for hydroxylation is 2. The van der Waals surface area contributed by atoms with Crippen molar-refractivity contribution in [2.45, 2.75) is 37.6 Å². The lowest BCUT2D eigenvalue weighted by atomic mass is 10.1. The van der Waals surface area contributed by atoms with E-state index in [1.54, 1.807) is 4.90 Å². The van der Waals surface area contributed by atoms with Gasteiger partial charge in [0, 0.05) is 17.5 Å². The van der Waals surface area contributed by atoms with Crippen LogP contribution in [0.3, 0.4) is 0 Å². The minimum atomic E-state index is -0.0875. The molecule has 2 aliphatic rings. The third-order valence-corrected chi connectivity index (χ3v) is 5.93. The van der Waals surface area contributed by atoms with Crippen molar-refractivity contribution >= 4 is 29.3 Å². The molecular formula is C19H21N3O3S. The molecule has 7 heteroatoms. The number of nitrogens with zero attached hydrogens (tertiary/aromatic N) is 3. The number of hydrogen-bond donors (Lipinski definition) is 0. The van der Waals surface area contributed by atoms with Gasteiger partial charge in [-0.05, 0) is 44.4 Å². The second kappa shape index (κ2) is 6.79. The Labute approximate surface area is 156 Å². The van der Waals surface area contributed by atoms with Gasteiger partial charge in [-0.15, -0.1) is 11.8 Å². The van der Waals surface area contributed by atoms with E-state index in [1.165, 1.54) is 11.8 Å². The predicted molar refractivity (Wildman–Crippen MR) is 99.2 cm³/mol. The van der Waals surface area contributed by atoms with E-state index >= 15 is 0 Å². The van der Waals surface area contributed by atoms with E-state index in [9.17, 15) is 9.59 Å². The minimum Gasteiger partial charge on any atom is -0.359 e. The molecule has 2 aromatic rings. The Bertz CT molecular complexity index is 863. The Morgan fingerprint density at radius 1 is 1.35 bits per heavy atom. The van der Waals surface area contributed by atoms with Gasteiger partial charge in [-0.3, -0.25) is 9.59 Å². The number of aromatic nitrogens is 1. The lowest BCUT2D eigenvalue weighted by Gasteiger charge is -2.31. The van der Waals surface area contributed by atoms with Crippen LogP contribution in [0.15, 0.2) is 33.7 Å². The summed E-state index contributed by atoms with van der Waals surface area (Å²) in [6.07, 6.45) is 1.79. The van der Waals surface area contributed by atoms with Crippen LogP contribution in [-0.4, -0.2) is 40.7 Å². The molecule has 0 radical (unpaired) electrons. The van der Waals surface area contributed by atoms with Gasteiger partial charge in [0.15, 0.2) is 5.76 Å². The van der Waals surface area contributed by atoms with E-state index in [0.29, 0.717) is 12.3 Å². The predicted octanol–water partition coefficient (Wildman–Crippen LogP) is 3.09. The van der Waals surface area contributed by atoms with Gasteiger partial charge in [0.1, 0.15) is 6.54 Å². The van der Waals surface area contributed by atoms with Crippen LogP contribution >= 0.6 is 11.8 Å². The number of carbonyl (C=O) groups excluding carboxylic acids is 2. The number of hydrogen-bond acceptors (Lipinski definition) is 5. The Kier molecular flexibility index (Phi) is 4.48. The Balaban J connectivity index is 1.55. The number of rotatable bonds is 3. The fourth-order valence-electron chi connectivity index (χ4n) is 3.61. The molecule has 4 rings (SSSR count). The Morgan fingerprint density at radius 2 is 2.19 bits per heavy atom. The molecule has 1 aromatic carbocycles. The molecule has 136 valence electrons. The van der Waals surface area contributed by atoms with Crippen molar-refractivity contribution in [2.75, 3.05) is 23.7 Å². The van der Waals surface area contributed by atoms with Gasteiger partial charge in [0.2, 0.25) is 11.8 Å². The van der Waals surface area contributed by atoms with Crippen LogP contribution in [0.1, 0.15) is 35.9 Å². The highest BCUT2D eigenvalue weighted by atomic mass is 32.2. The van der Waals surface area contributed by atoms with Gasteiger partial charge in [0.25, 0.3) is 0 Å². The van der Waals surface area contributed by atoms with Crippen molar-refractivity contribution in [2.24, 2.45) is 0 Å². The Hall–Kier alpha value is -2.28. The van der Waals surface area contributed by atoms with Crippen LogP contribution in [-0.2, 0) is 9.59 Å². The summed E-state index contributed by atoms with van der Waals surface area (Å²) in [4.78, 5) is 29.9. The summed E-state index contributed by atoms with van der Waals surface area (Å²) in [6, 6.07) is 7.78. The molecular weight excluding hydrogens is 350 g/mol. The van der Waals surface area contributed by atoms with E-state index < -0.39 is 0 Å². The number of likely N-dealkylation sites (tertiary alicyclic amines) is 1. The highest BCUT2D eigenvalue weighted by molar-refractivity contribution is 8.00. The van der Waals surface area contributed by atoms with Gasteiger partial charge in [-0.1, -0.05) is 11.2 Å². The average Bonchev–Trinajstić information content (AvgIpc) is 3.26. The second-order valence-electron chi connectivity index (χ2n) is 6.86. The van der Waals surface area contributed by atoms with Crippen molar-refractivity contribution in [3.8, 4) is 0 Å². The van der Waals surface area contributed by atoms with E-state index in [-0.39, 0.29) is 24.4 Å². The zero-order valence-electron chi connectivity index (χ0n) is 14.9. The number of thioether (sulfide) groups is 1. The van der Waals surface area contributed by atoms with E-state index in [1.807, 2.05) is 36.9 Å². The highest BCUT2D eigenvalue weighted by Crippen LogP contribution is 2.37. The maximum Gasteiger partial charge on any atom is 0.243 e. The Morgan fingerprint density at radius 3 is 2.96 bits per heavy atom. The number of benzene rings is 1. The number of amides is 2. The lowest BCUT2D eigenvalue weighted by Crippen LogP contribution is -2.44. The molecule has 6 nitrogen and oxygen atoms in total. The minimum absolute atomic E-state index is 0.0223. The van der Waals surface area contributed by atoms with Crippen molar-refractivity contribution in [3.05, 3.63) is 41.3 Å². The standard InChI is InChI=1S/C19H21N3O3S/c1-12-5-6-15-17(8-12)26-11-19(24)22(15)10-18(23)21-7-3-4-14(21)16-9-13(2)20-25-16/h5-6,8-9,14H,3-4,7,10-11H2,1-2H3/t14-/m0/s1. The molecule has 3 heterocycles. The van der Waals surface area contributed by atoms with Crippen LogP contribution in [0.25, 0.3) is 0 Å². The zero-order valence-corrected chi connectivity index (χ0v) is 15.7. The fraction of sp³-hybridized carbons (Fsp3) is 0.421. The van der Waals surface area contributed by atoms with Crippen LogP contribution in [0.2, 0.25) is 0 Å². The average molecular weight is 371 g/mol. The van der Waals surface area contributed by atoms with Gasteiger partial charge in [-0.25, -0.2) is 0 Å². The quantitative estimate of drug-likeness (QED) is 0.829. The van der Waals surface area contributed by atoms with Crippen molar-refractivity contribution in [1.82, 2.24) is 10.1 Å². The van der Waals surface area contributed by atoms with Crippen molar-refractivity contribution < 1.29 is 14.1 Å². The first-order valence-corrected chi connectivity index (χ1v) is 9.78. The molecule has 2 aliphatic heterocycles. The topological polar surface area (TPSA) is 66.7 Å². The molecule has 0 aliphatic carbocycles. The number of fused-ring (bicyclic) bond motifs is 1. The summed E-state index contributed by atoms with van der Waals surface area (Å²) in [5.74, 6) is 1.03. The van der Waals surface area contributed by atoms with Crippen molar-refractivity contribution in [1.29, 1.82) is 0 Å². The monoisotopic (exact) mass is 371 g/mol. The summed E-state index contributed by atoms with van der Waals surface area (Å²) in [5, 5.41) is 3.94. The van der Waals surface area contributed by atoms with Crippen LogP contribution in [0, 0.1) is 13.8 Å². The van der Waals surface area contributed by atoms with Crippen LogP contribution < -0.4 is 4.90 Å². The maximum absolute atomic E-state index is 13.0. The lowest BCUT2D eigenvalue weighted by molar-refractivity contribution is -0.132. The first kappa shape index (κ1) is 17.1. The number of carbonyl (C=O) groups is 2. The summed E-state index contributed by atoms with van der Waals surface area (Å²) >= 11 is 1.53. The molecule has 1 saturated heterocycles. The molecule has 0 unspecified atom stereocenters. The third-order valence-electron chi connectivity index (χ3n) is 4.90. The molecule has 0 bridgehead atoms. The van der Waals surface area contributed by atoms with Crippen molar-refractivity contribution in [3.63, 3.8) is 0 Å². The molecule has 2 amide bonds. The van der Waals surface area contributed by atoms with Crippen LogP contribution in [0.5, 0.6) is 0 Å². The number of anilines is 1. The first-order chi connectivity index (χ1) is 12.5. The summed E-state index contributed by atoms with van der Waals surface area (Å²) in [7, 11) is 0. The fourth-order valence-corrected chi connectivity index (χ4v) is 4.64. The molecule has 1 atom stereocenters. The molecule has 0 N–H and O–H groups in total. The van der Waals surface area contributed by atoms with E-state index in [4.69, 9.17) is 4.52 Å². The normalized spacial score (nSPS) is 19.8. The highest BCUT2D eigenvalue weighted by Gasteiger charge is 2.35. The largest absolute Gasteiger partial charge is 0.359 e.